The monoisotopic (exact) mass is 372 g/mol. The average molecular weight is 372 g/mol. The maximum Gasteiger partial charge on any atom is 0.314 e. The molecule has 0 spiro atoms. The van der Waals surface area contributed by atoms with Crippen LogP contribution in [0.3, 0.4) is 0 Å². The van der Waals surface area contributed by atoms with Crippen LogP contribution in [-0.4, -0.2) is 64.3 Å². The summed E-state index contributed by atoms with van der Waals surface area (Å²) >= 11 is 0. The zero-order valence-electron chi connectivity index (χ0n) is 15.9. The molecule has 2 aromatic rings. The number of carbonyl (C=O) groups excluding carboxylic acids is 1. The first-order valence-electron chi connectivity index (χ1n) is 8.94. The van der Waals surface area contributed by atoms with Crippen LogP contribution in [0.1, 0.15) is 11.3 Å². The van der Waals surface area contributed by atoms with Crippen LogP contribution in [0.5, 0.6) is 5.75 Å². The second-order valence-electron chi connectivity index (χ2n) is 6.60. The Morgan fingerprint density at radius 1 is 1.33 bits per heavy atom. The lowest BCUT2D eigenvalue weighted by molar-refractivity contribution is 0.232. The maximum absolute atomic E-state index is 12.0. The summed E-state index contributed by atoms with van der Waals surface area (Å²) in [6.45, 7) is 5.29. The Morgan fingerprint density at radius 2 is 2.07 bits per heavy atom. The molecule has 0 unspecified atom stereocenters. The van der Waals surface area contributed by atoms with Gasteiger partial charge in [0.2, 0.25) is 0 Å². The second kappa shape index (κ2) is 10.3. The molecule has 1 aromatic carbocycles. The Labute approximate surface area is 159 Å². The van der Waals surface area contributed by atoms with E-state index >= 15 is 0 Å². The van der Waals surface area contributed by atoms with Crippen molar-refractivity contribution in [2.24, 2.45) is 0 Å². The zero-order chi connectivity index (χ0) is 19.6. The molecule has 0 radical (unpaired) electrons. The Bertz CT molecular complexity index is 726. The van der Waals surface area contributed by atoms with Crippen molar-refractivity contribution < 1.29 is 9.90 Å². The topological polar surface area (TPSA) is 95.3 Å². The number of hydrogen-bond acceptors (Lipinski definition) is 5. The van der Waals surface area contributed by atoms with E-state index in [0.29, 0.717) is 26.1 Å². The molecule has 1 heterocycles. The van der Waals surface area contributed by atoms with Gasteiger partial charge in [0.1, 0.15) is 5.75 Å². The third-order valence-electron chi connectivity index (χ3n) is 4.21. The number of benzene rings is 1. The molecule has 1 aromatic heterocycles. The van der Waals surface area contributed by atoms with Crippen molar-refractivity contribution in [1.29, 1.82) is 0 Å². The van der Waals surface area contributed by atoms with E-state index in [1.165, 1.54) is 0 Å². The summed E-state index contributed by atoms with van der Waals surface area (Å²) in [6.07, 6.45) is 5.00. The molecule has 0 aliphatic heterocycles. The number of carbonyl (C=O) groups is 1. The molecule has 27 heavy (non-hydrogen) atoms. The first-order valence-corrected chi connectivity index (χ1v) is 8.94. The predicted molar refractivity (Wildman–Crippen MR) is 105 cm³/mol. The lowest BCUT2D eigenvalue weighted by Crippen LogP contribution is -2.45. The van der Waals surface area contributed by atoms with Gasteiger partial charge in [0.15, 0.2) is 0 Å². The van der Waals surface area contributed by atoms with Crippen molar-refractivity contribution >= 4 is 6.03 Å². The number of aromatic nitrogens is 3. The number of phenolic OH excluding ortho intramolecular Hbond substituents is 1. The van der Waals surface area contributed by atoms with Crippen molar-refractivity contribution in [2.45, 2.75) is 25.4 Å². The normalized spacial score (nSPS) is 12.0. The standard InChI is InChI=1S/C19H28N6O2/c1-4-11-25-14-16(22-23-25)9-10-20-19(27)21-13-17(24(2)3)12-15-5-7-18(26)8-6-15/h4-8,14,17,26H,1,9-13H2,2-3H3,(H2,20,21,27)/t17-/m0/s1. The highest BCUT2D eigenvalue weighted by molar-refractivity contribution is 5.73. The van der Waals surface area contributed by atoms with Crippen molar-refractivity contribution in [2.75, 3.05) is 27.2 Å². The molecule has 146 valence electrons. The zero-order valence-corrected chi connectivity index (χ0v) is 15.9. The largest absolute Gasteiger partial charge is 0.508 e. The average Bonchev–Trinajstić information content (AvgIpc) is 3.07. The van der Waals surface area contributed by atoms with Crippen molar-refractivity contribution in [1.82, 2.24) is 30.5 Å². The van der Waals surface area contributed by atoms with E-state index in [2.05, 4.69) is 32.4 Å². The fourth-order valence-electron chi connectivity index (χ4n) is 2.59. The van der Waals surface area contributed by atoms with Gasteiger partial charge >= 0.3 is 6.03 Å². The second-order valence-corrected chi connectivity index (χ2v) is 6.60. The molecule has 0 bridgehead atoms. The van der Waals surface area contributed by atoms with Crippen LogP contribution in [0.4, 0.5) is 4.79 Å². The van der Waals surface area contributed by atoms with Crippen molar-refractivity contribution in [3.05, 3.63) is 54.4 Å². The van der Waals surface area contributed by atoms with Gasteiger partial charge in [0.05, 0.1) is 12.2 Å². The maximum atomic E-state index is 12.0. The molecule has 3 N–H and O–H groups in total. The summed E-state index contributed by atoms with van der Waals surface area (Å²) in [4.78, 5) is 14.1. The van der Waals surface area contributed by atoms with Gasteiger partial charge in [-0.05, 0) is 38.2 Å². The first-order chi connectivity index (χ1) is 13.0. The smallest absolute Gasteiger partial charge is 0.314 e. The molecule has 1 atom stereocenters. The van der Waals surface area contributed by atoms with Gasteiger partial charge in [-0.15, -0.1) is 11.7 Å². The quantitative estimate of drug-likeness (QED) is 0.545. The fourth-order valence-corrected chi connectivity index (χ4v) is 2.59. The lowest BCUT2D eigenvalue weighted by Gasteiger charge is -2.25. The summed E-state index contributed by atoms with van der Waals surface area (Å²) in [6, 6.07) is 7.09. The van der Waals surface area contributed by atoms with Crippen LogP contribution in [0, 0.1) is 0 Å². The van der Waals surface area contributed by atoms with Crippen LogP contribution in [0.2, 0.25) is 0 Å². The molecule has 0 fully saturated rings. The van der Waals surface area contributed by atoms with E-state index in [-0.39, 0.29) is 17.8 Å². The van der Waals surface area contributed by atoms with Gasteiger partial charge in [-0.25, -0.2) is 9.48 Å². The molecule has 2 amide bonds. The number of rotatable bonds is 10. The number of nitrogens with one attached hydrogen (secondary N) is 2. The highest BCUT2D eigenvalue weighted by Gasteiger charge is 2.14. The number of urea groups is 1. The van der Waals surface area contributed by atoms with E-state index in [1.54, 1.807) is 22.9 Å². The Kier molecular flexibility index (Phi) is 7.81. The number of hydrogen-bond donors (Lipinski definition) is 3. The summed E-state index contributed by atoms with van der Waals surface area (Å²) in [7, 11) is 3.97. The minimum atomic E-state index is -0.203. The molecule has 2 rings (SSSR count). The van der Waals surface area contributed by atoms with E-state index in [1.807, 2.05) is 32.4 Å². The van der Waals surface area contributed by atoms with E-state index in [0.717, 1.165) is 17.7 Å². The minimum absolute atomic E-state index is 0.152. The fraction of sp³-hybridized carbons (Fsp3) is 0.421. The summed E-state index contributed by atoms with van der Waals surface area (Å²) in [5.41, 5.74) is 1.94. The van der Waals surface area contributed by atoms with Crippen LogP contribution >= 0.6 is 0 Å². The third kappa shape index (κ3) is 7.10. The van der Waals surface area contributed by atoms with Gasteiger partial charge in [0.25, 0.3) is 0 Å². The van der Waals surface area contributed by atoms with Crippen molar-refractivity contribution in [3.63, 3.8) is 0 Å². The molecule has 0 aliphatic rings. The van der Waals surface area contributed by atoms with E-state index in [9.17, 15) is 9.90 Å². The summed E-state index contributed by atoms with van der Waals surface area (Å²) in [5, 5.41) is 23.2. The highest BCUT2D eigenvalue weighted by Crippen LogP contribution is 2.12. The van der Waals surface area contributed by atoms with Crippen LogP contribution in [0.15, 0.2) is 43.1 Å². The Hall–Kier alpha value is -2.87. The molecule has 8 nitrogen and oxygen atoms in total. The van der Waals surface area contributed by atoms with Crippen LogP contribution in [-0.2, 0) is 19.4 Å². The van der Waals surface area contributed by atoms with Gasteiger partial charge in [0, 0.05) is 31.7 Å². The Balaban J connectivity index is 1.72. The molecule has 0 aliphatic carbocycles. The number of allylic oxidation sites excluding steroid dienone is 1. The number of aromatic hydroxyl groups is 1. The lowest BCUT2D eigenvalue weighted by atomic mass is 10.1. The van der Waals surface area contributed by atoms with Gasteiger partial charge in [-0.1, -0.05) is 23.4 Å². The van der Waals surface area contributed by atoms with E-state index < -0.39 is 0 Å². The number of amides is 2. The minimum Gasteiger partial charge on any atom is -0.508 e. The van der Waals surface area contributed by atoms with Crippen molar-refractivity contribution in [3.8, 4) is 5.75 Å². The third-order valence-corrected chi connectivity index (χ3v) is 4.21. The van der Waals surface area contributed by atoms with Crippen LogP contribution in [0.25, 0.3) is 0 Å². The molecule has 0 saturated carbocycles. The number of likely N-dealkylation sites (N-methyl/N-ethyl adjacent to an activating group) is 1. The first kappa shape index (κ1) is 20.4. The highest BCUT2D eigenvalue weighted by atomic mass is 16.3. The van der Waals surface area contributed by atoms with Gasteiger partial charge in [-0.2, -0.15) is 0 Å². The molecule has 0 saturated heterocycles. The summed E-state index contributed by atoms with van der Waals surface area (Å²) < 4.78 is 1.70. The summed E-state index contributed by atoms with van der Waals surface area (Å²) in [5.74, 6) is 0.252. The number of nitrogens with zero attached hydrogens (tertiary/aromatic N) is 4. The SMILES string of the molecule is C=CCn1cc(CCNC(=O)NC[C@H](Cc2ccc(O)cc2)N(C)C)nn1. The number of phenols is 1. The molecule has 8 heteroatoms. The van der Waals surface area contributed by atoms with Crippen LogP contribution < -0.4 is 10.6 Å². The predicted octanol–water partition coefficient (Wildman–Crippen LogP) is 1.18. The molecular formula is C19H28N6O2. The van der Waals surface area contributed by atoms with Gasteiger partial charge < -0.3 is 20.6 Å². The molecular weight excluding hydrogens is 344 g/mol. The van der Waals surface area contributed by atoms with Gasteiger partial charge in [-0.3, -0.25) is 0 Å². The van der Waals surface area contributed by atoms with E-state index in [4.69, 9.17) is 0 Å². The Morgan fingerprint density at radius 3 is 2.74 bits per heavy atom.